The Morgan fingerprint density at radius 2 is 1.85 bits per heavy atom. The second-order valence-corrected chi connectivity index (χ2v) is 9.31. The normalized spacial score (nSPS) is 17.2. The predicted molar refractivity (Wildman–Crippen MR) is 126 cm³/mol. The second-order valence-electron chi connectivity index (χ2n) is 7.11. The van der Waals surface area contributed by atoms with Gasteiger partial charge in [-0.2, -0.15) is 0 Å². The van der Waals surface area contributed by atoms with E-state index in [2.05, 4.69) is 10.3 Å². The predicted octanol–water partition coefficient (Wildman–Crippen LogP) is 4.75. The van der Waals surface area contributed by atoms with Gasteiger partial charge in [0.25, 0.3) is 0 Å². The number of thioether (sulfide) groups is 1. The van der Waals surface area contributed by atoms with E-state index in [4.69, 9.17) is 5.11 Å². The molecule has 7 nitrogen and oxygen atoms in total. The number of anilines is 1. The van der Waals surface area contributed by atoms with Crippen molar-refractivity contribution in [1.82, 2.24) is 4.90 Å². The number of halogens is 1. The van der Waals surface area contributed by atoms with E-state index >= 15 is 0 Å². The lowest BCUT2D eigenvalue weighted by molar-refractivity contribution is -0.129. The van der Waals surface area contributed by atoms with Crippen LogP contribution in [0.2, 0.25) is 0 Å². The molecular formula is C23H18FN3O4S2. The highest BCUT2D eigenvalue weighted by atomic mass is 32.2. The van der Waals surface area contributed by atoms with Crippen molar-refractivity contribution >= 4 is 57.4 Å². The molecule has 0 radical (unpaired) electrons. The molecule has 1 saturated heterocycles. The zero-order chi connectivity index (χ0) is 23.4. The number of hydrogen-bond acceptors (Lipinski definition) is 6. The van der Waals surface area contributed by atoms with Crippen LogP contribution in [0.5, 0.6) is 0 Å². The molecule has 4 rings (SSSR count). The Morgan fingerprint density at radius 1 is 1.12 bits per heavy atom. The van der Waals surface area contributed by atoms with Crippen molar-refractivity contribution in [3.63, 3.8) is 0 Å². The molecule has 2 aromatic carbocycles. The van der Waals surface area contributed by atoms with Crippen LogP contribution in [0, 0.1) is 5.82 Å². The first kappa shape index (κ1) is 22.7. The Hall–Kier alpha value is -3.50. The van der Waals surface area contributed by atoms with Crippen LogP contribution in [-0.2, 0) is 16.1 Å². The summed E-state index contributed by atoms with van der Waals surface area (Å²) in [7, 11) is 0. The molecule has 2 N–H and O–H groups in total. The minimum Gasteiger partial charge on any atom is -0.478 e. The number of carbonyl (C=O) groups excluding carboxylic acids is 2. The molecule has 2 heterocycles. The Morgan fingerprint density at radius 3 is 2.48 bits per heavy atom. The van der Waals surface area contributed by atoms with Crippen molar-refractivity contribution in [2.75, 3.05) is 5.32 Å². The van der Waals surface area contributed by atoms with Crippen molar-refractivity contribution in [2.24, 2.45) is 4.99 Å². The molecule has 168 valence electrons. The first-order chi connectivity index (χ1) is 15.9. The summed E-state index contributed by atoms with van der Waals surface area (Å²) in [4.78, 5) is 43.9. The molecule has 3 aromatic rings. The van der Waals surface area contributed by atoms with Gasteiger partial charge in [-0.15, -0.1) is 11.3 Å². The Balaban J connectivity index is 1.55. The lowest BCUT2D eigenvalue weighted by atomic mass is 10.2. The average molecular weight is 484 g/mol. The third-order valence-corrected chi connectivity index (χ3v) is 6.83. The van der Waals surface area contributed by atoms with Crippen molar-refractivity contribution in [3.05, 3.63) is 82.3 Å². The molecule has 0 bridgehead atoms. The van der Waals surface area contributed by atoms with Crippen LogP contribution in [0.3, 0.4) is 0 Å². The molecule has 1 aliphatic rings. The summed E-state index contributed by atoms with van der Waals surface area (Å²) in [5, 5.41) is 13.3. The largest absolute Gasteiger partial charge is 0.478 e. The maximum Gasteiger partial charge on any atom is 0.335 e. The zero-order valence-corrected chi connectivity index (χ0v) is 18.7. The van der Waals surface area contributed by atoms with Crippen LogP contribution < -0.4 is 5.32 Å². The number of carboxylic acid groups (broad SMARTS) is 1. The number of thiophene rings is 1. The Bertz CT molecular complexity index is 1200. The third kappa shape index (κ3) is 5.65. The first-order valence-corrected chi connectivity index (χ1v) is 11.6. The van der Waals surface area contributed by atoms with E-state index in [9.17, 15) is 18.8 Å². The SMILES string of the molecule is O=C(O)c1ccc(NC(=O)C2CC(=O)N(Cc3cccs3)C(=Nc3ccc(F)cc3)S2)cc1. The van der Waals surface area contributed by atoms with E-state index in [0.29, 0.717) is 23.1 Å². The number of amidine groups is 1. The third-order valence-electron chi connectivity index (χ3n) is 4.78. The number of aromatic carboxylic acids is 1. The number of carbonyl (C=O) groups is 3. The number of hydrogen-bond donors (Lipinski definition) is 2. The number of amides is 2. The smallest absolute Gasteiger partial charge is 0.335 e. The topological polar surface area (TPSA) is 99.1 Å². The monoisotopic (exact) mass is 483 g/mol. The van der Waals surface area contributed by atoms with Crippen LogP contribution in [0.4, 0.5) is 15.8 Å². The van der Waals surface area contributed by atoms with Gasteiger partial charge in [-0.05, 0) is 60.0 Å². The highest BCUT2D eigenvalue weighted by Gasteiger charge is 2.36. The van der Waals surface area contributed by atoms with Crippen molar-refractivity contribution in [1.29, 1.82) is 0 Å². The summed E-state index contributed by atoms with van der Waals surface area (Å²) in [5.74, 6) is -2.09. The summed E-state index contributed by atoms with van der Waals surface area (Å²) in [6.45, 7) is 0.328. The van der Waals surface area contributed by atoms with Crippen LogP contribution in [0.1, 0.15) is 21.7 Å². The van der Waals surface area contributed by atoms with Crippen molar-refractivity contribution < 1.29 is 23.9 Å². The van der Waals surface area contributed by atoms with Gasteiger partial charge in [0, 0.05) is 17.0 Å². The summed E-state index contributed by atoms with van der Waals surface area (Å²) in [5.41, 5.74) is 0.998. The Kier molecular flexibility index (Phi) is 6.85. The number of rotatable bonds is 6. The number of aliphatic imine (C=N–C) groups is 1. The molecule has 1 atom stereocenters. The first-order valence-electron chi connectivity index (χ1n) is 9.87. The lowest BCUT2D eigenvalue weighted by Gasteiger charge is -2.31. The van der Waals surface area contributed by atoms with E-state index in [-0.39, 0.29) is 23.8 Å². The van der Waals surface area contributed by atoms with Gasteiger partial charge in [-0.25, -0.2) is 14.2 Å². The molecule has 2 amide bonds. The summed E-state index contributed by atoms with van der Waals surface area (Å²) < 4.78 is 13.3. The second kappa shape index (κ2) is 9.97. The molecule has 10 heteroatoms. The quantitative estimate of drug-likeness (QED) is 0.527. The van der Waals surface area contributed by atoms with E-state index in [1.807, 2.05) is 17.5 Å². The molecule has 0 saturated carbocycles. The lowest BCUT2D eigenvalue weighted by Crippen LogP contribution is -2.44. The zero-order valence-electron chi connectivity index (χ0n) is 17.1. The molecule has 1 aliphatic heterocycles. The fourth-order valence-corrected chi connectivity index (χ4v) is 4.89. The number of nitrogens with zero attached hydrogens (tertiary/aromatic N) is 2. The molecule has 1 unspecified atom stereocenters. The highest BCUT2D eigenvalue weighted by Crippen LogP contribution is 2.31. The fourth-order valence-electron chi connectivity index (χ4n) is 3.10. The van der Waals surface area contributed by atoms with Gasteiger partial charge < -0.3 is 10.4 Å². The standard InChI is InChI=1S/C23H18FN3O4S2/c24-15-5-9-17(10-6-15)26-23-27(13-18-2-1-11-32-18)20(28)12-19(33-23)21(29)25-16-7-3-14(4-8-16)22(30)31/h1-11,19H,12-13H2,(H,25,29)(H,30,31). The van der Waals surface area contributed by atoms with Crippen LogP contribution in [0.25, 0.3) is 0 Å². The summed E-state index contributed by atoms with van der Waals surface area (Å²) in [6, 6.07) is 15.1. The van der Waals surface area contributed by atoms with Gasteiger partial charge in [0.15, 0.2) is 5.17 Å². The van der Waals surface area contributed by atoms with E-state index in [0.717, 1.165) is 16.6 Å². The minimum absolute atomic E-state index is 0.0163. The van der Waals surface area contributed by atoms with E-state index < -0.39 is 17.0 Å². The van der Waals surface area contributed by atoms with Gasteiger partial charge in [0.1, 0.15) is 11.1 Å². The Labute approximate surface area is 197 Å². The molecule has 33 heavy (non-hydrogen) atoms. The minimum atomic E-state index is -1.06. The molecular weight excluding hydrogens is 465 g/mol. The molecule has 0 aliphatic carbocycles. The van der Waals surface area contributed by atoms with E-state index in [1.165, 1.54) is 64.8 Å². The van der Waals surface area contributed by atoms with Gasteiger partial charge in [0.2, 0.25) is 11.8 Å². The highest BCUT2D eigenvalue weighted by molar-refractivity contribution is 8.15. The summed E-state index contributed by atoms with van der Waals surface area (Å²) in [6.07, 6.45) is -0.0163. The number of carboxylic acids is 1. The maximum absolute atomic E-state index is 13.3. The fraction of sp³-hybridized carbons (Fsp3) is 0.130. The van der Waals surface area contributed by atoms with Crippen molar-refractivity contribution in [3.8, 4) is 0 Å². The van der Waals surface area contributed by atoms with Gasteiger partial charge in [-0.1, -0.05) is 17.8 Å². The van der Waals surface area contributed by atoms with Gasteiger partial charge >= 0.3 is 5.97 Å². The average Bonchev–Trinajstić information content (AvgIpc) is 3.31. The van der Waals surface area contributed by atoms with Crippen LogP contribution in [-0.4, -0.2) is 38.2 Å². The molecule has 0 spiro atoms. The van der Waals surface area contributed by atoms with Crippen molar-refractivity contribution in [2.45, 2.75) is 18.2 Å². The number of benzene rings is 2. The maximum atomic E-state index is 13.3. The summed E-state index contributed by atoms with van der Waals surface area (Å²) >= 11 is 2.67. The van der Waals surface area contributed by atoms with Crippen LogP contribution >= 0.6 is 23.1 Å². The van der Waals surface area contributed by atoms with E-state index in [1.54, 1.807) is 0 Å². The van der Waals surface area contributed by atoms with Crippen LogP contribution in [0.15, 0.2) is 71.0 Å². The molecule has 1 aromatic heterocycles. The number of nitrogens with one attached hydrogen (secondary N) is 1. The van der Waals surface area contributed by atoms with Gasteiger partial charge in [0.05, 0.1) is 17.8 Å². The van der Waals surface area contributed by atoms with Gasteiger partial charge in [-0.3, -0.25) is 14.5 Å². The molecule has 1 fully saturated rings.